The Kier molecular flexibility index (Phi) is 21.6. The van der Waals surface area contributed by atoms with Crippen LogP contribution >= 0.6 is 0 Å². The molecule has 1 rings (SSSR count). The van der Waals surface area contributed by atoms with Crippen molar-refractivity contribution >= 4 is 0 Å². The van der Waals surface area contributed by atoms with Crippen LogP contribution in [-0.4, -0.2) is 0 Å². The minimum Gasteiger partial charge on any atom is -1.00 e. The Balaban J connectivity index is -0.000000151. The Bertz CT molecular complexity index is 212. The van der Waals surface area contributed by atoms with Gasteiger partial charge in [-0.1, -0.05) is 40.0 Å². The fourth-order valence-corrected chi connectivity index (χ4v) is 1.73. The Morgan fingerprint density at radius 1 is 1.00 bits per heavy atom. The van der Waals surface area contributed by atoms with E-state index in [1.165, 1.54) is 19.3 Å². The van der Waals surface area contributed by atoms with Crippen molar-refractivity contribution in [1.29, 1.82) is 0 Å². The van der Waals surface area contributed by atoms with E-state index in [1.54, 1.807) is 16.7 Å². The van der Waals surface area contributed by atoms with Gasteiger partial charge in [0.2, 0.25) is 0 Å². The van der Waals surface area contributed by atoms with Gasteiger partial charge in [-0.2, -0.15) is 22.8 Å². The van der Waals surface area contributed by atoms with E-state index < -0.39 is 0 Å². The van der Waals surface area contributed by atoms with E-state index >= 15 is 0 Å². The Labute approximate surface area is 127 Å². The molecule has 15 heavy (non-hydrogen) atoms. The van der Waals surface area contributed by atoms with Crippen LogP contribution < -0.4 is 37.2 Å². The minimum absolute atomic E-state index is 0. The van der Waals surface area contributed by atoms with Crippen LogP contribution in [0.4, 0.5) is 0 Å². The molecule has 0 bridgehead atoms. The normalized spacial score (nSPS) is 7.67. The molecule has 4 heteroatoms. The van der Waals surface area contributed by atoms with Gasteiger partial charge >= 0.3 is 21.7 Å². The number of halogens is 3. The molecule has 0 aliphatic carbocycles. The maximum atomic E-state index is 2.28. The van der Waals surface area contributed by atoms with Gasteiger partial charge in [0.15, 0.2) is 0 Å². The zero-order valence-electron chi connectivity index (χ0n) is 9.41. The quantitative estimate of drug-likeness (QED) is 0.385. The second-order valence-corrected chi connectivity index (χ2v) is 2.92. The topological polar surface area (TPSA) is 0 Å². The molecule has 0 atom stereocenters. The molecule has 0 fully saturated rings. The number of rotatable bonds is 3. The first-order valence-electron chi connectivity index (χ1n) is 4.59. The van der Waals surface area contributed by atoms with Gasteiger partial charge in [0.05, 0.1) is 0 Å². The summed E-state index contributed by atoms with van der Waals surface area (Å²) in [6, 6.07) is 4.55. The van der Waals surface area contributed by atoms with Crippen molar-refractivity contribution in [3.63, 3.8) is 0 Å². The first-order chi connectivity index (χ1) is 5.33. The monoisotopic (exact) mass is 302 g/mol. The molecule has 0 radical (unpaired) electrons. The van der Waals surface area contributed by atoms with Crippen molar-refractivity contribution in [1.82, 2.24) is 0 Å². The molecule has 0 saturated carbocycles. The SMILES string of the molecule is CCc1cc[c-](CC)c1CC.[Cl-].[Cl-].[Cl-].[Ti+4]. The molecule has 0 aliphatic rings. The summed E-state index contributed by atoms with van der Waals surface area (Å²) in [5.41, 5.74) is 4.68. The molecule has 0 saturated heterocycles. The van der Waals surface area contributed by atoms with Gasteiger partial charge in [-0.05, 0) is 0 Å². The van der Waals surface area contributed by atoms with E-state index in [0.29, 0.717) is 0 Å². The van der Waals surface area contributed by atoms with E-state index in [-0.39, 0.29) is 58.9 Å². The standard InChI is InChI=1S/C11H17.3ClH.Ti/c1-4-9-7-8-10(5-2)11(9)6-3;;;;/h7-8H,4-6H2,1-3H3;3*1H;/q-1;;;;+4/p-3. The van der Waals surface area contributed by atoms with E-state index in [0.717, 1.165) is 0 Å². The van der Waals surface area contributed by atoms with Gasteiger partial charge in [0.25, 0.3) is 0 Å². The Morgan fingerprint density at radius 2 is 1.53 bits per heavy atom. The third-order valence-corrected chi connectivity index (χ3v) is 2.38. The molecule has 0 nitrogen and oxygen atoms in total. The molecule has 0 amide bonds. The summed E-state index contributed by atoms with van der Waals surface area (Å²) in [7, 11) is 0. The van der Waals surface area contributed by atoms with Crippen LogP contribution in [0.1, 0.15) is 37.5 Å². The molecule has 0 unspecified atom stereocenters. The summed E-state index contributed by atoms with van der Waals surface area (Å²) in [6.07, 6.45) is 3.56. The van der Waals surface area contributed by atoms with E-state index in [4.69, 9.17) is 0 Å². The molecule has 0 heterocycles. The maximum absolute atomic E-state index is 2.28. The Morgan fingerprint density at radius 3 is 1.87 bits per heavy atom. The average Bonchev–Trinajstić information content (AvgIpc) is 2.45. The second kappa shape index (κ2) is 13.0. The third kappa shape index (κ3) is 6.29. The summed E-state index contributed by atoms with van der Waals surface area (Å²) >= 11 is 0. The molecule has 1 aromatic rings. The van der Waals surface area contributed by atoms with Crippen LogP contribution in [0.3, 0.4) is 0 Å². The van der Waals surface area contributed by atoms with Crippen LogP contribution in [0, 0.1) is 0 Å². The second-order valence-electron chi connectivity index (χ2n) is 2.92. The van der Waals surface area contributed by atoms with Gasteiger partial charge < -0.3 is 37.2 Å². The van der Waals surface area contributed by atoms with Crippen molar-refractivity contribution in [3.05, 3.63) is 28.8 Å². The van der Waals surface area contributed by atoms with Crippen molar-refractivity contribution in [2.45, 2.75) is 40.0 Å². The predicted molar refractivity (Wildman–Crippen MR) is 50.2 cm³/mol. The molecular weight excluding hydrogens is 286 g/mol. The fraction of sp³-hybridized carbons (Fsp3) is 0.545. The molecule has 0 aliphatic heterocycles. The van der Waals surface area contributed by atoms with Gasteiger partial charge in [0, 0.05) is 0 Å². The number of hydrogen-bond acceptors (Lipinski definition) is 0. The summed E-state index contributed by atoms with van der Waals surface area (Å²) in [4.78, 5) is 0. The van der Waals surface area contributed by atoms with Gasteiger partial charge in [-0.3, -0.25) is 0 Å². The molecule has 0 aromatic heterocycles. The van der Waals surface area contributed by atoms with Gasteiger partial charge in [-0.15, -0.1) is 0 Å². The molecule has 0 N–H and O–H groups in total. The van der Waals surface area contributed by atoms with E-state index in [2.05, 4.69) is 32.9 Å². The average molecular weight is 303 g/mol. The third-order valence-electron chi connectivity index (χ3n) is 2.38. The molecule has 0 spiro atoms. The number of aryl methyl sites for hydroxylation is 2. The van der Waals surface area contributed by atoms with Crippen LogP contribution in [0.2, 0.25) is 0 Å². The summed E-state index contributed by atoms with van der Waals surface area (Å²) in [5, 5.41) is 0. The van der Waals surface area contributed by atoms with Crippen LogP contribution in [0.5, 0.6) is 0 Å². The van der Waals surface area contributed by atoms with Crippen LogP contribution in [-0.2, 0) is 41.0 Å². The predicted octanol–water partition coefficient (Wildman–Crippen LogP) is -5.90. The Hall–Kier alpha value is 0.934. The summed E-state index contributed by atoms with van der Waals surface area (Å²) in [5.74, 6) is 0. The minimum atomic E-state index is 0. The van der Waals surface area contributed by atoms with Crippen molar-refractivity contribution < 1.29 is 58.9 Å². The van der Waals surface area contributed by atoms with Crippen LogP contribution in [0.15, 0.2) is 12.1 Å². The molecule has 86 valence electrons. The van der Waals surface area contributed by atoms with E-state index in [1.807, 2.05) is 0 Å². The number of hydrogen-bond donors (Lipinski definition) is 0. The fourth-order valence-electron chi connectivity index (χ4n) is 1.73. The maximum Gasteiger partial charge on any atom is 4.00 e. The van der Waals surface area contributed by atoms with E-state index in [9.17, 15) is 0 Å². The van der Waals surface area contributed by atoms with Crippen molar-refractivity contribution in [3.8, 4) is 0 Å². The molecule has 1 aromatic carbocycles. The smallest absolute Gasteiger partial charge is 1.00 e. The first-order valence-corrected chi connectivity index (χ1v) is 4.59. The summed E-state index contributed by atoms with van der Waals surface area (Å²) in [6.45, 7) is 6.70. The van der Waals surface area contributed by atoms with Crippen molar-refractivity contribution in [2.24, 2.45) is 0 Å². The zero-order valence-corrected chi connectivity index (χ0v) is 13.2. The zero-order chi connectivity index (χ0) is 8.27. The van der Waals surface area contributed by atoms with Crippen LogP contribution in [0.25, 0.3) is 0 Å². The van der Waals surface area contributed by atoms with Gasteiger partial charge in [-0.25, -0.2) is 6.07 Å². The largest absolute Gasteiger partial charge is 4.00 e. The molecular formula is C11H17Cl3Ti. The first kappa shape index (κ1) is 25.0. The van der Waals surface area contributed by atoms with Gasteiger partial charge in [0.1, 0.15) is 0 Å². The summed E-state index contributed by atoms with van der Waals surface area (Å²) < 4.78 is 0. The van der Waals surface area contributed by atoms with Crippen molar-refractivity contribution in [2.75, 3.05) is 0 Å².